The van der Waals surface area contributed by atoms with Crippen LogP contribution in [0.3, 0.4) is 0 Å². The molecule has 2 fully saturated rings. The van der Waals surface area contributed by atoms with E-state index < -0.39 is 0 Å². The molecule has 3 aromatic rings. The van der Waals surface area contributed by atoms with Crippen LogP contribution in [-0.2, 0) is 9.59 Å². The summed E-state index contributed by atoms with van der Waals surface area (Å²) in [6.07, 6.45) is 0. The average Bonchev–Trinajstić information content (AvgIpc) is 3.18. The van der Waals surface area contributed by atoms with Gasteiger partial charge in [0.05, 0.1) is 12.1 Å². The molecule has 2 aliphatic rings. The van der Waals surface area contributed by atoms with Crippen LogP contribution in [0.2, 0.25) is 0 Å². The van der Waals surface area contributed by atoms with Gasteiger partial charge in [0, 0.05) is 50.5 Å². The summed E-state index contributed by atoms with van der Waals surface area (Å²) < 4.78 is 13.2. The second-order valence-corrected chi connectivity index (χ2v) is 8.94. The number of hydrogen-bond acceptors (Lipinski definition) is 4. The number of Topliss-reactive ketones (excluding diaryl/α,β-unsaturated/α-hetero) is 1. The fraction of sp³-hybridized carbons (Fsp3) is 0.241. The van der Waals surface area contributed by atoms with Crippen molar-refractivity contribution >= 4 is 23.0 Å². The van der Waals surface area contributed by atoms with Crippen LogP contribution in [0.1, 0.15) is 11.1 Å². The van der Waals surface area contributed by atoms with E-state index in [4.69, 9.17) is 0 Å². The smallest absolute Gasteiger partial charge is 0.258 e. The maximum atomic E-state index is 13.4. The summed E-state index contributed by atoms with van der Waals surface area (Å²) >= 11 is 0. The van der Waals surface area contributed by atoms with Crippen molar-refractivity contribution in [2.24, 2.45) is 0 Å². The number of carbonyl (C=O) groups excluding carboxylic acids is 2. The van der Waals surface area contributed by atoms with E-state index in [-0.39, 0.29) is 29.6 Å². The van der Waals surface area contributed by atoms with Gasteiger partial charge in [0.25, 0.3) is 5.91 Å². The van der Waals surface area contributed by atoms with Gasteiger partial charge in [-0.15, -0.1) is 0 Å². The molecular weight excluding hydrogens is 441 g/mol. The number of ketones is 1. The Labute approximate surface area is 205 Å². The van der Waals surface area contributed by atoms with Crippen molar-refractivity contribution in [2.75, 3.05) is 50.7 Å². The number of anilines is 1. The van der Waals surface area contributed by atoms with Gasteiger partial charge in [0.2, 0.25) is 0 Å². The van der Waals surface area contributed by atoms with Gasteiger partial charge in [-0.25, -0.2) is 4.39 Å². The third-order valence-electron chi connectivity index (χ3n) is 6.74. The second kappa shape index (κ2) is 10.2. The number of likely N-dealkylation sites (tertiary alicyclic amines) is 1. The van der Waals surface area contributed by atoms with Crippen LogP contribution in [0.15, 0.2) is 90.5 Å². The van der Waals surface area contributed by atoms with E-state index >= 15 is 0 Å². The number of rotatable bonds is 6. The van der Waals surface area contributed by atoms with Crippen molar-refractivity contribution in [3.05, 3.63) is 107 Å². The molecule has 2 aliphatic heterocycles. The van der Waals surface area contributed by atoms with Crippen molar-refractivity contribution in [3.63, 3.8) is 0 Å². The first-order chi connectivity index (χ1) is 17.1. The molecule has 0 bridgehead atoms. The molecule has 0 spiro atoms. The molecule has 5 rings (SSSR count). The lowest BCUT2D eigenvalue weighted by Crippen LogP contribution is -2.48. The highest BCUT2D eigenvalue weighted by Crippen LogP contribution is 2.31. The maximum Gasteiger partial charge on any atom is 0.258 e. The van der Waals surface area contributed by atoms with E-state index in [0.717, 1.165) is 49.5 Å². The average molecular weight is 470 g/mol. The Morgan fingerprint density at radius 3 is 1.86 bits per heavy atom. The van der Waals surface area contributed by atoms with E-state index in [0.29, 0.717) is 12.1 Å². The zero-order valence-electron chi connectivity index (χ0n) is 19.6. The molecule has 2 saturated heterocycles. The summed E-state index contributed by atoms with van der Waals surface area (Å²) in [5.41, 5.74) is 3.75. The Balaban J connectivity index is 1.27. The molecule has 0 unspecified atom stereocenters. The normalized spacial score (nSPS) is 16.8. The van der Waals surface area contributed by atoms with Gasteiger partial charge >= 0.3 is 0 Å². The van der Waals surface area contributed by atoms with Crippen molar-refractivity contribution in [1.29, 1.82) is 0 Å². The second-order valence-electron chi connectivity index (χ2n) is 8.94. The van der Waals surface area contributed by atoms with Crippen molar-refractivity contribution < 1.29 is 14.0 Å². The predicted molar refractivity (Wildman–Crippen MR) is 136 cm³/mol. The number of halogens is 1. The predicted octanol–water partition coefficient (Wildman–Crippen LogP) is 3.86. The highest BCUT2D eigenvalue weighted by Gasteiger charge is 2.36. The summed E-state index contributed by atoms with van der Waals surface area (Å²) in [4.78, 5) is 32.8. The molecule has 0 N–H and O–H groups in total. The Morgan fingerprint density at radius 1 is 0.714 bits per heavy atom. The van der Waals surface area contributed by atoms with Gasteiger partial charge in [0.15, 0.2) is 5.78 Å². The van der Waals surface area contributed by atoms with Crippen LogP contribution in [-0.4, -0.2) is 67.3 Å². The first kappa shape index (κ1) is 23.0. The lowest BCUT2D eigenvalue weighted by Gasteiger charge is -2.36. The molecule has 2 heterocycles. The lowest BCUT2D eigenvalue weighted by atomic mass is 9.92. The number of nitrogens with zero attached hydrogens (tertiary/aromatic N) is 3. The van der Waals surface area contributed by atoms with Crippen LogP contribution in [0.4, 0.5) is 10.1 Å². The van der Waals surface area contributed by atoms with E-state index in [2.05, 4.69) is 9.80 Å². The van der Waals surface area contributed by atoms with E-state index in [9.17, 15) is 14.0 Å². The summed E-state index contributed by atoms with van der Waals surface area (Å²) in [6, 6.07) is 25.9. The molecule has 0 saturated carbocycles. The summed E-state index contributed by atoms with van der Waals surface area (Å²) in [5.74, 6) is -0.546. The Hall–Kier alpha value is -3.77. The molecule has 0 radical (unpaired) electrons. The van der Waals surface area contributed by atoms with Gasteiger partial charge in [-0.1, -0.05) is 60.7 Å². The first-order valence-corrected chi connectivity index (χ1v) is 12.0. The Kier molecular flexibility index (Phi) is 6.73. The van der Waals surface area contributed by atoms with Gasteiger partial charge in [-0.2, -0.15) is 0 Å². The zero-order chi connectivity index (χ0) is 24.2. The third kappa shape index (κ3) is 5.03. The van der Waals surface area contributed by atoms with Gasteiger partial charge in [-0.05, 0) is 35.4 Å². The number of hydrogen-bond donors (Lipinski definition) is 0. The highest BCUT2D eigenvalue weighted by atomic mass is 19.1. The minimum atomic E-state index is -0.228. The van der Waals surface area contributed by atoms with Crippen LogP contribution in [0, 0.1) is 5.82 Å². The van der Waals surface area contributed by atoms with Crippen LogP contribution in [0.5, 0.6) is 0 Å². The van der Waals surface area contributed by atoms with E-state index in [1.165, 1.54) is 12.1 Å². The molecule has 35 heavy (non-hydrogen) atoms. The van der Waals surface area contributed by atoms with Crippen molar-refractivity contribution in [2.45, 2.75) is 0 Å². The molecular formula is C29H28FN3O2. The van der Waals surface area contributed by atoms with Crippen LogP contribution in [0.25, 0.3) is 5.57 Å². The van der Waals surface area contributed by atoms with Gasteiger partial charge in [-0.3, -0.25) is 14.5 Å². The molecule has 5 nitrogen and oxygen atoms in total. The third-order valence-corrected chi connectivity index (χ3v) is 6.74. The fourth-order valence-electron chi connectivity index (χ4n) is 4.84. The summed E-state index contributed by atoms with van der Waals surface area (Å²) in [6.45, 7) is 4.75. The van der Waals surface area contributed by atoms with Crippen LogP contribution >= 0.6 is 0 Å². The molecule has 178 valence electrons. The first-order valence-electron chi connectivity index (χ1n) is 12.0. The van der Waals surface area contributed by atoms with E-state index in [1.54, 1.807) is 4.90 Å². The van der Waals surface area contributed by atoms with Crippen LogP contribution < -0.4 is 4.90 Å². The number of carbonyl (C=O) groups is 2. The molecule has 0 aromatic heterocycles. The molecule has 0 aliphatic carbocycles. The number of piperazine rings is 1. The topological polar surface area (TPSA) is 43.9 Å². The summed E-state index contributed by atoms with van der Waals surface area (Å²) in [5, 5.41) is 0. The molecule has 0 atom stereocenters. The monoisotopic (exact) mass is 469 g/mol. The lowest BCUT2D eigenvalue weighted by molar-refractivity contribution is -0.125. The van der Waals surface area contributed by atoms with Crippen molar-refractivity contribution in [1.82, 2.24) is 9.80 Å². The van der Waals surface area contributed by atoms with Gasteiger partial charge in [0.1, 0.15) is 5.82 Å². The SMILES string of the molecule is O=C1CN(CCN2CCN(c3ccc(F)cc3)CC2)C(=O)C1=C(c1ccccc1)c1ccccc1. The molecule has 3 aromatic carbocycles. The summed E-state index contributed by atoms with van der Waals surface area (Å²) in [7, 11) is 0. The molecule has 6 heteroatoms. The standard InChI is InChI=1S/C29H28FN3O2/c30-24-11-13-25(14-12-24)32-18-15-31(16-19-32)17-20-33-21-26(34)28(29(33)35)27(22-7-3-1-4-8-22)23-9-5-2-6-10-23/h1-14H,15-21H2. The fourth-order valence-corrected chi connectivity index (χ4v) is 4.84. The van der Waals surface area contributed by atoms with Crippen molar-refractivity contribution in [3.8, 4) is 0 Å². The Morgan fingerprint density at radius 2 is 1.29 bits per heavy atom. The van der Waals surface area contributed by atoms with Gasteiger partial charge < -0.3 is 9.80 Å². The van der Waals surface area contributed by atoms with E-state index in [1.807, 2.05) is 72.8 Å². The minimum Gasteiger partial charge on any atom is -0.369 e. The molecule has 1 amide bonds. The minimum absolute atomic E-state index is 0.118. The number of amides is 1. The quantitative estimate of drug-likeness (QED) is 0.406. The number of benzene rings is 3. The highest BCUT2D eigenvalue weighted by molar-refractivity contribution is 6.30. The largest absolute Gasteiger partial charge is 0.369 e. The maximum absolute atomic E-state index is 13.4. The Bertz CT molecular complexity index is 1180. The zero-order valence-corrected chi connectivity index (χ0v) is 19.6.